The van der Waals surface area contributed by atoms with Crippen LogP contribution >= 0.6 is 0 Å². The lowest BCUT2D eigenvalue weighted by atomic mass is 10.5. The summed E-state index contributed by atoms with van der Waals surface area (Å²) in [4.78, 5) is 24.0. The highest BCUT2D eigenvalue weighted by Crippen LogP contribution is 1.90. The molecule has 0 atom stereocenters. The number of nitrogens with one attached hydrogen (secondary N) is 1. The first kappa shape index (κ1) is 15.7. The van der Waals surface area contributed by atoms with E-state index in [1.807, 2.05) is 0 Å². The van der Waals surface area contributed by atoms with Gasteiger partial charge in [0.2, 0.25) is 0 Å². The highest BCUT2D eigenvalue weighted by atomic mass is 16.5. The van der Waals surface area contributed by atoms with Crippen molar-refractivity contribution < 1.29 is 24.2 Å². The third-order valence-electron chi connectivity index (χ3n) is 1.91. The molecule has 0 saturated heterocycles. The fourth-order valence-corrected chi connectivity index (χ4v) is 1.11. The Balaban J connectivity index is 3.99. The van der Waals surface area contributed by atoms with Crippen molar-refractivity contribution in [2.45, 2.75) is 6.92 Å². The second-order valence-electron chi connectivity index (χ2n) is 3.17. The summed E-state index contributed by atoms with van der Waals surface area (Å²) in [5.41, 5.74) is 0. The number of aliphatic hydroxyl groups is 1. The molecular weight excluding hydrogens is 228 g/mol. The van der Waals surface area contributed by atoms with Gasteiger partial charge in [-0.1, -0.05) is 0 Å². The van der Waals surface area contributed by atoms with E-state index in [-0.39, 0.29) is 26.3 Å². The van der Waals surface area contributed by atoms with Gasteiger partial charge in [0.25, 0.3) is 0 Å². The van der Waals surface area contributed by atoms with Gasteiger partial charge in [0.1, 0.15) is 6.54 Å². The molecule has 2 N–H and O–H groups in total. The van der Waals surface area contributed by atoms with Crippen LogP contribution in [0.15, 0.2) is 0 Å². The summed E-state index contributed by atoms with van der Waals surface area (Å²) in [7, 11) is 1.52. The van der Waals surface area contributed by atoms with E-state index >= 15 is 0 Å². The minimum atomic E-state index is -0.489. The summed E-state index contributed by atoms with van der Waals surface area (Å²) >= 11 is 0. The average Bonchev–Trinajstić information content (AvgIpc) is 2.32. The van der Waals surface area contributed by atoms with E-state index in [0.717, 1.165) is 0 Å². The van der Waals surface area contributed by atoms with Gasteiger partial charge in [0.05, 0.1) is 19.8 Å². The maximum Gasteiger partial charge on any atom is 0.325 e. The standard InChI is InChI=1S/C10H20N2O5/c1-3-17-9(14)8-11-10(15)12(4-6-13)5-7-16-2/h13H,3-8H2,1-2H3,(H,11,15). The molecular formula is C10H20N2O5. The molecule has 2 amide bonds. The third kappa shape index (κ3) is 7.53. The van der Waals surface area contributed by atoms with Crippen molar-refractivity contribution in [2.24, 2.45) is 0 Å². The van der Waals surface area contributed by atoms with Crippen LogP contribution in [0, 0.1) is 0 Å². The van der Waals surface area contributed by atoms with Crippen molar-refractivity contribution in [3.63, 3.8) is 0 Å². The van der Waals surface area contributed by atoms with Gasteiger partial charge in [-0.25, -0.2) is 4.79 Å². The number of hydrogen-bond donors (Lipinski definition) is 2. The Kier molecular flexibility index (Phi) is 9.08. The molecule has 7 nitrogen and oxygen atoms in total. The fourth-order valence-electron chi connectivity index (χ4n) is 1.11. The fraction of sp³-hybridized carbons (Fsp3) is 0.800. The number of rotatable bonds is 8. The first-order chi connectivity index (χ1) is 8.15. The molecule has 0 aliphatic heterocycles. The van der Waals surface area contributed by atoms with Gasteiger partial charge in [-0.05, 0) is 6.92 Å². The molecule has 0 radical (unpaired) electrons. The van der Waals surface area contributed by atoms with Crippen molar-refractivity contribution in [1.82, 2.24) is 10.2 Å². The van der Waals surface area contributed by atoms with Gasteiger partial charge in [-0.15, -0.1) is 0 Å². The van der Waals surface area contributed by atoms with E-state index in [0.29, 0.717) is 13.2 Å². The van der Waals surface area contributed by atoms with Gasteiger partial charge in [-0.3, -0.25) is 4.79 Å². The normalized spacial score (nSPS) is 9.82. The minimum Gasteiger partial charge on any atom is -0.465 e. The summed E-state index contributed by atoms with van der Waals surface area (Å²) in [5, 5.41) is 11.2. The van der Waals surface area contributed by atoms with Crippen molar-refractivity contribution >= 4 is 12.0 Å². The molecule has 0 aromatic heterocycles. The van der Waals surface area contributed by atoms with Crippen molar-refractivity contribution in [2.75, 3.05) is 46.6 Å². The summed E-state index contributed by atoms with van der Waals surface area (Å²) < 4.78 is 9.50. The quantitative estimate of drug-likeness (QED) is 0.549. The number of hydrogen-bond acceptors (Lipinski definition) is 5. The van der Waals surface area contributed by atoms with Crippen LogP contribution in [0.5, 0.6) is 0 Å². The average molecular weight is 248 g/mol. The number of esters is 1. The lowest BCUT2D eigenvalue weighted by Crippen LogP contribution is -2.44. The Hall–Kier alpha value is -1.34. The van der Waals surface area contributed by atoms with E-state index in [9.17, 15) is 9.59 Å². The lowest BCUT2D eigenvalue weighted by molar-refractivity contribution is -0.141. The second-order valence-corrected chi connectivity index (χ2v) is 3.17. The predicted octanol–water partition coefficient (Wildman–Crippen LogP) is -0.800. The van der Waals surface area contributed by atoms with Crippen LogP contribution in [0.2, 0.25) is 0 Å². The highest BCUT2D eigenvalue weighted by molar-refractivity contribution is 5.80. The molecule has 0 unspecified atom stereocenters. The Morgan fingerprint density at radius 2 is 2.06 bits per heavy atom. The van der Waals surface area contributed by atoms with Gasteiger partial charge < -0.3 is 24.8 Å². The monoisotopic (exact) mass is 248 g/mol. The van der Waals surface area contributed by atoms with Crippen LogP contribution < -0.4 is 5.32 Å². The molecule has 0 aliphatic carbocycles. The number of carbonyl (C=O) groups is 2. The first-order valence-electron chi connectivity index (χ1n) is 5.43. The van der Waals surface area contributed by atoms with E-state index in [4.69, 9.17) is 9.84 Å². The zero-order valence-electron chi connectivity index (χ0n) is 10.3. The molecule has 17 heavy (non-hydrogen) atoms. The van der Waals surface area contributed by atoms with Crippen LogP contribution in [-0.4, -0.2) is 68.6 Å². The Morgan fingerprint density at radius 3 is 2.59 bits per heavy atom. The SMILES string of the molecule is CCOC(=O)CNC(=O)N(CCO)CCOC. The van der Waals surface area contributed by atoms with Crippen LogP contribution in [0.25, 0.3) is 0 Å². The highest BCUT2D eigenvalue weighted by Gasteiger charge is 2.13. The minimum absolute atomic E-state index is 0.142. The third-order valence-corrected chi connectivity index (χ3v) is 1.91. The molecule has 0 heterocycles. The van der Waals surface area contributed by atoms with Gasteiger partial charge in [-0.2, -0.15) is 0 Å². The van der Waals surface area contributed by atoms with Crippen molar-refractivity contribution in [3.05, 3.63) is 0 Å². The van der Waals surface area contributed by atoms with Crippen molar-refractivity contribution in [1.29, 1.82) is 0 Å². The molecule has 0 aromatic carbocycles. The molecule has 0 aliphatic rings. The Morgan fingerprint density at radius 1 is 1.35 bits per heavy atom. The van der Waals surface area contributed by atoms with E-state index in [1.54, 1.807) is 6.92 Å². The molecule has 0 spiro atoms. The van der Waals surface area contributed by atoms with Crippen LogP contribution in [0.1, 0.15) is 6.92 Å². The van der Waals surface area contributed by atoms with Gasteiger partial charge in [0, 0.05) is 20.2 Å². The van der Waals surface area contributed by atoms with Crippen LogP contribution in [-0.2, 0) is 14.3 Å². The lowest BCUT2D eigenvalue weighted by Gasteiger charge is -2.21. The number of urea groups is 1. The van der Waals surface area contributed by atoms with Crippen LogP contribution in [0.3, 0.4) is 0 Å². The predicted molar refractivity (Wildman–Crippen MR) is 60.6 cm³/mol. The molecule has 100 valence electrons. The first-order valence-corrected chi connectivity index (χ1v) is 5.43. The summed E-state index contributed by atoms with van der Waals surface area (Å²) in [5.74, 6) is -0.489. The second kappa shape index (κ2) is 9.86. The number of ether oxygens (including phenoxy) is 2. The zero-order valence-corrected chi connectivity index (χ0v) is 10.3. The molecule has 0 fully saturated rings. The number of aliphatic hydroxyl groups excluding tert-OH is 1. The Labute approximate surface area is 101 Å². The van der Waals surface area contributed by atoms with E-state index in [1.165, 1.54) is 12.0 Å². The summed E-state index contributed by atoms with van der Waals surface area (Å²) in [6, 6.07) is -0.427. The number of methoxy groups -OCH3 is 1. The van der Waals surface area contributed by atoms with Gasteiger partial charge >= 0.3 is 12.0 Å². The number of nitrogens with zero attached hydrogens (tertiary/aromatic N) is 1. The zero-order chi connectivity index (χ0) is 13.1. The van der Waals surface area contributed by atoms with E-state index in [2.05, 4.69) is 10.1 Å². The summed E-state index contributed by atoms with van der Waals surface area (Å²) in [6.45, 7) is 2.56. The summed E-state index contributed by atoms with van der Waals surface area (Å²) in [6.07, 6.45) is 0. The van der Waals surface area contributed by atoms with E-state index < -0.39 is 12.0 Å². The largest absolute Gasteiger partial charge is 0.465 e. The smallest absolute Gasteiger partial charge is 0.325 e. The topological polar surface area (TPSA) is 88.1 Å². The van der Waals surface area contributed by atoms with Crippen LogP contribution in [0.4, 0.5) is 4.79 Å². The molecule has 0 saturated carbocycles. The van der Waals surface area contributed by atoms with Crippen molar-refractivity contribution in [3.8, 4) is 0 Å². The molecule has 0 bridgehead atoms. The molecule has 0 aromatic rings. The molecule has 7 heteroatoms. The number of amides is 2. The molecule has 0 rings (SSSR count). The number of carbonyl (C=O) groups excluding carboxylic acids is 2. The maximum absolute atomic E-state index is 11.6. The Bertz CT molecular complexity index is 235. The maximum atomic E-state index is 11.6. The van der Waals surface area contributed by atoms with Gasteiger partial charge in [0.15, 0.2) is 0 Å².